The molecule has 1 atom stereocenters. The molecule has 0 radical (unpaired) electrons. The Balaban J connectivity index is 2.65. The molecule has 1 unspecified atom stereocenters. The molecule has 0 aromatic carbocycles. The standard InChI is InChI=1S/C17H32N2S2/c1-8-9-18-13(11-21-17(5,6)7)10-15-19-14(12-20-15)16(2,3)4/h12-13,18H,8-11H2,1-7H3. The van der Waals surface area contributed by atoms with Crippen LogP contribution in [0.3, 0.4) is 0 Å². The van der Waals surface area contributed by atoms with Crippen molar-refractivity contribution in [3.05, 3.63) is 16.1 Å². The van der Waals surface area contributed by atoms with E-state index in [-0.39, 0.29) is 5.41 Å². The number of hydrogen-bond acceptors (Lipinski definition) is 4. The van der Waals surface area contributed by atoms with Crippen LogP contribution in [0.4, 0.5) is 0 Å². The lowest BCUT2D eigenvalue weighted by Crippen LogP contribution is -2.35. The molecule has 0 saturated heterocycles. The van der Waals surface area contributed by atoms with Gasteiger partial charge in [0.1, 0.15) is 0 Å². The van der Waals surface area contributed by atoms with Gasteiger partial charge in [-0.3, -0.25) is 0 Å². The predicted octanol–water partition coefficient (Wildman–Crippen LogP) is 4.88. The quantitative estimate of drug-likeness (QED) is 0.772. The summed E-state index contributed by atoms with van der Waals surface area (Å²) in [6.45, 7) is 16.9. The van der Waals surface area contributed by atoms with Crippen molar-refractivity contribution in [2.24, 2.45) is 0 Å². The smallest absolute Gasteiger partial charge is 0.0944 e. The minimum Gasteiger partial charge on any atom is -0.313 e. The van der Waals surface area contributed by atoms with Gasteiger partial charge >= 0.3 is 0 Å². The topological polar surface area (TPSA) is 24.9 Å². The van der Waals surface area contributed by atoms with Gasteiger partial charge in [0.25, 0.3) is 0 Å². The predicted molar refractivity (Wildman–Crippen MR) is 98.8 cm³/mol. The SMILES string of the molecule is CCCNC(CSC(C)(C)C)Cc1nc(C(C)(C)C)cs1. The first-order valence-electron chi connectivity index (χ1n) is 7.94. The van der Waals surface area contributed by atoms with Crippen LogP contribution in [-0.4, -0.2) is 28.1 Å². The molecule has 1 rings (SSSR count). The van der Waals surface area contributed by atoms with Crippen LogP contribution in [0, 0.1) is 0 Å². The summed E-state index contributed by atoms with van der Waals surface area (Å²) in [5, 5.41) is 7.18. The fourth-order valence-electron chi connectivity index (χ4n) is 1.85. The second-order valence-electron chi connectivity index (χ2n) is 7.66. The average Bonchev–Trinajstić information content (AvgIpc) is 2.80. The average molecular weight is 329 g/mol. The van der Waals surface area contributed by atoms with E-state index in [0.29, 0.717) is 10.8 Å². The van der Waals surface area contributed by atoms with Gasteiger partial charge in [-0.25, -0.2) is 4.98 Å². The van der Waals surface area contributed by atoms with Crippen molar-refractivity contribution in [2.45, 2.75) is 77.5 Å². The largest absolute Gasteiger partial charge is 0.313 e. The molecule has 0 amide bonds. The van der Waals surface area contributed by atoms with Crippen molar-refractivity contribution >= 4 is 23.1 Å². The van der Waals surface area contributed by atoms with Gasteiger partial charge in [0.05, 0.1) is 10.7 Å². The molecule has 122 valence electrons. The molecule has 0 bridgehead atoms. The zero-order valence-electron chi connectivity index (χ0n) is 14.7. The lowest BCUT2D eigenvalue weighted by atomic mass is 9.93. The minimum atomic E-state index is 0.154. The van der Waals surface area contributed by atoms with E-state index in [9.17, 15) is 0 Å². The third-order valence-electron chi connectivity index (χ3n) is 3.14. The Bertz CT molecular complexity index is 413. The van der Waals surface area contributed by atoms with Crippen LogP contribution >= 0.6 is 23.1 Å². The van der Waals surface area contributed by atoms with E-state index >= 15 is 0 Å². The molecule has 1 N–H and O–H groups in total. The van der Waals surface area contributed by atoms with Crippen LogP contribution < -0.4 is 5.32 Å². The van der Waals surface area contributed by atoms with Gasteiger partial charge in [-0.05, 0) is 13.0 Å². The Kier molecular flexibility index (Phi) is 7.21. The minimum absolute atomic E-state index is 0.154. The number of nitrogens with zero attached hydrogens (tertiary/aromatic N) is 1. The van der Waals surface area contributed by atoms with E-state index < -0.39 is 0 Å². The number of thioether (sulfide) groups is 1. The normalized spacial score (nSPS) is 14.4. The Hall–Kier alpha value is -0.0600. The highest BCUT2D eigenvalue weighted by atomic mass is 32.2. The summed E-state index contributed by atoms with van der Waals surface area (Å²) in [6.07, 6.45) is 2.23. The van der Waals surface area contributed by atoms with Crippen LogP contribution in [-0.2, 0) is 11.8 Å². The molecule has 21 heavy (non-hydrogen) atoms. The monoisotopic (exact) mass is 328 g/mol. The molecule has 1 aromatic rings. The second kappa shape index (κ2) is 7.98. The molecular formula is C17H32N2S2. The van der Waals surface area contributed by atoms with Crippen molar-refractivity contribution in [1.82, 2.24) is 10.3 Å². The molecular weight excluding hydrogens is 296 g/mol. The van der Waals surface area contributed by atoms with Crippen LogP contribution in [0.25, 0.3) is 0 Å². The van der Waals surface area contributed by atoms with Crippen molar-refractivity contribution in [3.63, 3.8) is 0 Å². The van der Waals surface area contributed by atoms with Crippen molar-refractivity contribution in [2.75, 3.05) is 12.3 Å². The molecule has 0 saturated carbocycles. The van der Waals surface area contributed by atoms with E-state index in [1.807, 2.05) is 23.1 Å². The first kappa shape index (κ1) is 19.0. The first-order chi connectivity index (χ1) is 9.62. The number of rotatable bonds is 7. The molecule has 0 aliphatic rings. The highest BCUT2D eigenvalue weighted by Gasteiger charge is 2.20. The molecule has 0 fully saturated rings. The Labute approximate surface area is 139 Å². The summed E-state index contributed by atoms with van der Waals surface area (Å²) in [5.41, 5.74) is 1.38. The maximum Gasteiger partial charge on any atom is 0.0944 e. The number of hydrogen-bond donors (Lipinski definition) is 1. The van der Waals surface area contributed by atoms with E-state index in [2.05, 4.69) is 59.2 Å². The Morgan fingerprint density at radius 3 is 2.38 bits per heavy atom. The fourth-order valence-corrected chi connectivity index (χ4v) is 3.89. The molecule has 0 spiro atoms. The van der Waals surface area contributed by atoms with Gasteiger partial charge in [0, 0.05) is 33.8 Å². The van der Waals surface area contributed by atoms with E-state index in [4.69, 9.17) is 4.98 Å². The molecule has 1 aromatic heterocycles. The summed E-state index contributed by atoms with van der Waals surface area (Å²) < 4.78 is 0.325. The third-order valence-corrected chi connectivity index (χ3v) is 5.45. The second-order valence-corrected chi connectivity index (χ2v) is 10.4. The van der Waals surface area contributed by atoms with Crippen molar-refractivity contribution in [1.29, 1.82) is 0 Å². The van der Waals surface area contributed by atoms with Crippen LogP contribution in [0.1, 0.15) is 65.6 Å². The molecule has 2 nitrogen and oxygen atoms in total. The maximum atomic E-state index is 4.84. The maximum absolute atomic E-state index is 4.84. The number of thiazole rings is 1. The summed E-state index contributed by atoms with van der Waals surface area (Å²) >= 11 is 3.85. The zero-order chi connectivity index (χ0) is 16.1. The molecule has 4 heteroatoms. The van der Waals surface area contributed by atoms with Gasteiger partial charge in [-0.2, -0.15) is 11.8 Å². The third kappa shape index (κ3) is 7.66. The van der Waals surface area contributed by atoms with Gasteiger partial charge in [0.15, 0.2) is 0 Å². The van der Waals surface area contributed by atoms with Gasteiger partial charge < -0.3 is 5.32 Å². The van der Waals surface area contributed by atoms with Gasteiger partial charge in [-0.1, -0.05) is 48.5 Å². The van der Waals surface area contributed by atoms with E-state index in [1.54, 1.807) is 0 Å². The summed E-state index contributed by atoms with van der Waals surface area (Å²) in [7, 11) is 0. The summed E-state index contributed by atoms with van der Waals surface area (Å²) in [4.78, 5) is 4.84. The van der Waals surface area contributed by atoms with E-state index in [0.717, 1.165) is 18.7 Å². The van der Waals surface area contributed by atoms with Crippen LogP contribution in [0.2, 0.25) is 0 Å². The molecule has 1 heterocycles. The van der Waals surface area contributed by atoms with Crippen molar-refractivity contribution < 1.29 is 0 Å². The fraction of sp³-hybridized carbons (Fsp3) is 0.824. The van der Waals surface area contributed by atoms with Gasteiger partial charge in [0.2, 0.25) is 0 Å². The van der Waals surface area contributed by atoms with Crippen molar-refractivity contribution in [3.8, 4) is 0 Å². The Morgan fingerprint density at radius 2 is 1.90 bits per heavy atom. The lowest BCUT2D eigenvalue weighted by molar-refractivity contribution is 0.540. The Morgan fingerprint density at radius 1 is 1.24 bits per heavy atom. The zero-order valence-corrected chi connectivity index (χ0v) is 16.4. The lowest BCUT2D eigenvalue weighted by Gasteiger charge is -2.23. The van der Waals surface area contributed by atoms with Gasteiger partial charge in [-0.15, -0.1) is 11.3 Å². The van der Waals surface area contributed by atoms with Crippen LogP contribution in [0.15, 0.2) is 5.38 Å². The summed E-state index contributed by atoms with van der Waals surface area (Å²) in [5.74, 6) is 1.15. The van der Waals surface area contributed by atoms with E-state index in [1.165, 1.54) is 17.1 Å². The summed E-state index contributed by atoms with van der Waals surface area (Å²) in [6, 6.07) is 0.521. The van der Waals surface area contributed by atoms with Crippen LogP contribution in [0.5, 0.6) is 0 Å². The number of nitrogens with one attached hydrogen (secondary N) is 1. The first-order valence-corrected chi connectivity index (χ1v) is 9.80. The molecule has 0 aliphatic heterocycles. The number of aromatic nitrogens is 1. The highest BCUT2D eigenvalue weighted by Crippen LogP contribution is 2.27. The highest BCUT2D eigenvalue weighted by molar-refractivity contribution is 8.00. The molecule has 0 aliphatic carbocycles.